The molecule has 0 saturated heterocycles. The van der Waals surface area contributed by atoms with E-state index in [4.69, 9.17) is 0 Å². The normalized spacial score (nSPS) is 21.9. The van der Waals surface area contributed by atoms with Gasteiger partial charge in [-0.15, -0.1) is 0 Å². The fraction of sp³-hybridized carbons (Fsp3) is 0.333. The molecule has 1 heteroatoms. The summed E-state index contributed by atoms with van der Waals surface area (Å²) in [7, 11) is -1.56. The lowest BCUT2D eigenvalue weighted by atomic mass is 9.87. The van der Waals surface area contributed by atoms with Gasteiger partial charge in [0.15, 0.2) is 0 Å². The van der Waals surface area contributed by atoms with Crippen molar-refractivity contribution < 1.29 is 0 Å². The van der Waals surface area contributed by atoms with Gasteiger partial charge >= 0.3 is 0 Å². The molecule has 2 aromatic carbocycles. The second-order valence-corrected chi connectivity index (χ2v) is 11.1. The van der Waals surface area contributed by atoms with Gasteiger partial charge in [-0.1, -0.05) is 36.4 Å². The average molecular weight is 345 g/mol. The molecule has 1 heterocycles. The number of allylic oxidation sites excluding steroid dienone is 4. The predicted molar refractivity (Wildman–Crippen MR) is 110 cm³/mol. The van der Waals surface area contributed by atoms with Gasteiger partial charge in [-0.3, -0.25) is 0 Å². The molecule has 0 unspecified atom stereocenters. The molecule has 25 heavy (non-hydrogen) atoms. The first kappa shape index (κ1) is 15.6. The van der Waals surface area contributed by atoms with Gasteiger partial charge in [-0.05, 0) is 73.9 Å². The molecule has 0 amide bonds. The number of hydrogen-bond donors (Lipinski definition) is 0. The lowest BCUT2D eigenvalue weighted by Crippen LogP contribution is -2.25. The zero-order valence-corrected chi connectivity index (χ0v) is 15.8. The second kappa shape index (κ2) is 6.26. The van der Waals surface area contributed by atoms with Crippen LogP contribution in [-0.2, 0) is 0 Å². The van der Waals surface area contributed by atoms with E-state index < -0.39 is 7.26 Å². The summed E-state index contributed by atoms with van der Waals surface area (Å²) >= 11 is 0. The number of fused-ring (bicyclic) bond motifs is 1. The minimum Gasteiger partial charge on any atom is -0.0620 e. The molecule has 1 aliphatic heterocycles. The highest BCUT2D eigenvalue weighted by atomic mass is 31.2. The molecule has 3 aliphatic rings. The third kappa shape index (κ3) is 2.24. The lowest BCUT2D eigenvalue weighted by molar-refractivity contribution is 0.664. The summed E-state index contributed by atoms with van der Waals surface area (Å²) in [6.45, 7) is 0. The van der Waals surface area contributed by atoms with E-state index in [1.165, 1.54) is 51.4 Å². The van der Waals surface area contributed by atoms with Crippen LogP contribution in [-0.4, -0.2) is 0 Å². The van der Waals surface area contributed by atoms with Gasteiger partial charge in [0.2, 0.25) is 0 Å². The van der Waals surface area contributed by atoms with E-state index in [9.17, 15) is 0 Å². The van der Waals surface area contributed by atoms with Crippen molar-refractivity contribution in [1.29, 1.82) is 0 Å². The molecule has 0 N–H and O–H groups in total. The molecule has 0 bridgehead atoms. The summed E-state index contributed by atoms with van der Waals surface area (Å²) in [5.74, 6) is 0. The van der Waals surface area contributed by atoms with Crippen molar-refractivity contribution in [3.8, 4) is 0 Å². The van der Waals surface area contributed by atoms with Crippen molar-refractivity contribution >= 4 is 17.9 Å². The Hall–Kier alpha value is -1.65. The van der Waals surface area contributed by atoms with E-state index in [1.54, 1.807) is 21.8 Å². The molecule has 5 rings (SSSR count). The second-order valence-electron chi connectivity index (χ2n) is 7.61. The van der Waals surface area contributed by atoms with Crippen LogP contribution in [0.25, 0.3) is 0 Å². The Balaban J connectivity index is 1.86. The van der Waals surface area contributed by atoms with E-state index in [1.807, 2.05) is 10.6 Å². The molecule has 0 radical (unpaired) electrons. The van der Waals surface area contributed by atoms with Crippen molar-refractivity contribution in [3.05, 3.63) is 82.4 Å². The molecule has 0 saturated carbocycles. The van der Waals surface area contributed by atoms with Gasteiger partial charge in [0.1, 0.15) is 17.9 Å². The van der Waals surface area contributed by atoms with Gasteiger partial charge in [0.05, 0.1) is 10.6 Å². The molecule has 2 aliphatic carbocycles. The van der Waals surface area contributed by atoms with E-state index in [2.05, 4.69) is 60.7 Å². The van der Waals surface area contributed by atoms with E-state index >= 15 is 0 Å². The number of benzene rings is 2. The molecule has 0 atom stereocenters. The first-order valence-electron chi connectivity index (χ1n) is 9.88. The molecule has 126 valence electrons. The van der Waals surface area contributed by atoms with E-state index in [-0.39, 0.29) is 0 Å². The van der Waals surface area contributed by atoms with Gasteiger partial charge in [0.25, 0.3) is 0 Å². The van der Waals surface area contributed by atoms with Crippen LogP contribution < -0.4 is 10.6 Å². The minimum absolute atomic E-state index is 1.32. The third-order valence-electron chi connectivity index (χ3n) is 6.34. The van der Waals surface area contributed by atoms with Crippen LogP contribution in [0.15, 0.2) is 82.4 Å². The largest absolute Gasteiger partial charge is 0.136 e. The highest BCUT2D eigenvalue weighted by molar-refractivity contribution is 7.96. The third-order valence-corrected chi connectivity index (χ3v) is 11.1. The summed E-state index contributed by atoms with van der Waals surface area (Å²) in [4.78, 5) is 0. The van der Waals surface area contributed by atoms with Crippen LogP contribution in [0.4, 0.5) is 0 Å². The van der Waals surface area contributed by atoms with Gasteiger partial charge < -0.3 is 0 Å². The molecule has 0 nitrogen and oxygen atoms in total. The summed E-state index contributed by atoms with van der Waals surface area (Å²) < 4.78 is 0. The highest BCUT2D eigenvalue weighted by Crippen LogP contribution is 2.79. The van der Waals surface area contributed by atoms with Crippen molar-refractivity contribution in [3.63, 3.8) is 0 Å². The molecule has 2 aromatic rings. The maximum Gasteiger partial charge on any atom is 0.136 e. The van der Waals surface area contributed by atoms with Crippen LogP contribution in [0, 0.1) is 0 Å². The Morgan fingerprint density at radius 1 is 0.480 bits per heavy atom. The molecular formula is C24H26P+. The van der Waals surface area contributed by atoms with E-state index in [0.29, 0.717) is 0 Å². The van der Waals surface area contributed by atoms with Crippen molar-refractivity contribution in [2.24, 2.45) is 0 Å². The van der Waals surface area contributed by atoms with Crippen LogP contribution in [0.2, 0.25) is 0 Å². The van der Waals surface area contributed by atoms with Crippen LogP contribution in [0.3, 0.4) is 0 Å². The van der Waals surface area contributed by atoms with Crippen LogP contribution >= 0.6 is 7.26 Å². The summed E-state index contributed by atoms with van der Waals surface area (Å²) in [6.07, 6.45) is 10.8. The van der Waals surface area contributed by atoms with Crippen molar-refractivity contribution in [2.45, 2.75) is 51.4 Å². The topological polar surface area (TPSA) is 0 Å². The Labute approximate surface area is 152 Å². The SMILES string of the molecule is c1ccc([P+]2(c3ccccc3)C3=C(CCCC3)C3=C2CCCC3)cc1. The van der Waals surface area contributed by atoms with Crippen LogP contribution in [0.5, 0.6) is 0 Å². The molecule has 0 spiro atoms. The van der Waals surface area contributed by atoms with Crippen LogP contribution in [0.1, 0.15) is 51.4 Å². The van der Waals surface area contributed by atoms with Gasteiger partial charge in [-0.25, -0.2) is 0 Å². The highest BCUT2D eigenvalue weighted by Gasteiger charge is 2.57. The zero-order chi connectivity index (χ0) is 16.7. The summed E-state index contributed by atoms with van der Waals surface area (Å²) in [5, 5.41) is 6.90. The monoisotopic (exact) mass is 345 g/mol. The fourth-order valence-corrected chi connectivity index (χ4v) is 10.8. The number of hydrogen-bond acceptors (Lipinski definition) is 0. The standard InChI is InChI=1S/C24H26P/c1-3-11-19(12-4-1)25(20-13-5-2-6-14-20)23-17-9-7-15-21(23)22-16-8-10-18-24(22)25/h1-6,11-14H,7-10,15-18H2/q+1. The number of rotatable bonds is 2. The average Bonchev–Trinajstić information content (AvgIpc) is 3.01. The first-order valence-corrected chi connectivity index (χ1v) is 11.7. The van der Waals surface area contributed by atoms with E-state index in [0.717, 1.165) is 0 Å². The maximum atomic E-state index is 2.42. The Morgan fingerprint density at radius 3 is 1.32 bits per heavy atom. The van der Waals surface area contributed by atoms with Crippen molar-refractivity contribution in [1.82, 2.24) is 0 Å². The van der Waals surface area contributed by atoms with Crippen molar-refractivity contribution in [2.75, 3.05) is 0 Å². The van der Waals surface area contributed by atoms with Gasteiger partial charge in [0, 0.05) is 12.8 Å². The quantitative estimate of drug-likeness (QED) is 0.558. The lowest BCUT2D eigenvalue weighted by Gasteiger charge is -2.30. The zero-order valence-electron chi connectivity index (χ0n) is 14.9. The molecule has 0 fully saturated rings. The summed E-state index contributed by atoms with van der Waals surface area (Å²) in [6, 6.07) is 23.1. The summed E-state index contributed by atoms with van der Waals surface area (Å²) in [5.41, 5.74) is 3.59. The fourth-order valence-electron chi connectivity index (χ4n) is 5.41. The Bertz CT molecular complexity index is 769. The first-order chi connectivity index (χ1) is 12.4. The molecular weight excluding hydrogens is 319 g/mol. The predicted octanol–water partition coefficient (Wildman–Crippen LogP) is 6.32. The van der Waals surface area contributed by atoms with Gasteiger partial charge in [-0.2, -0.15) is 0 Å². The Kier molecular flexibility index (Phi) is 3.90. The smallest absolute Gasteiger partial charge is 0.0620 e. The maximum absolute atomic E-state index is 2.42. The minimum atomic E-state index is -1.56. The molecule has 0 aromatic heterocycles. The Morgan fingerprint density at radius 2 is 0.880 bits per heavy atom.